The molecule has 2 fully saturated rings. The average Bonchev–Trinajstić information content (AvgIpc) is 3.46. The van der Waals surface area contributed by atoms with Gasteiger partial charge >= 0.3 is 0 Å². The molecule has 1 aliphatic heterocycles. The molecule has 1 aliphatic carbocycles. The van der Waals surface area contributed by atoms with Crippen molar-refractivity contribution >= 4 is 27.5 Å². The third kappa shape index (κ3) is 4.49. The first-order chi connectivity index (χ1) is 14.5. The first-order valence-electron chi connectivity index (χ1n) is 10.7. The molecule has 3 heterocycles. The molecular weight excluding hydrogens is 420 g/mol. The maximum absolute atomic E-state index is 13.1. The molecule has 0 spiro atoms. The second-order valence-corrected chi connectivity index (χ2v) is 11.1. The summed E-state index contributed by atoms with van der Waals surface area (Å²) in [6.45, 7) is 2.20. The van der Waals surface area contributed by atoms with Crippen LogP contribution in [0, 0.1) is 0 Å². The molecule has 164 valence electrons. The van der Waals surface area contributed by atoms with Gasteiger partial charge in [-0.15, -0.1) is 11.3 Å². The Labute approximate surface area is 183 Å². The lowest BCUT2D eigenvalue weighted by Crippen LogP contribution is -2.55. The smallest absolute Gasteiger partial charge is 0.282 e. The van der Waals surface area contributed by atoms with Crippen molar-refractivity contribution in [2.45, 2.75) is 44.7 Å². The van der Waals surface area contributed by atoms with E-state index < -0.39 is 10.2 Å². The minimum absolute atomic E-state index is 0.0331. The summed E-state index contributed by atoms with van der Waals surface area (Å²) in [4.78, 5) is 16.0. The molecule has 2 aromatic heterocycles. The number of piperazine rings is 1. The largest absolute Gasteiger partial charge is 0.338 e. The van der Waals surface area contributed by atoms with Gasteiger partial charge < -0.3 is 9.47 Å². The Kier molecular flexibility index (Phi) is 6.62. The molecule has 0 bridgehead atoms. The fraction of sp³-hybridized carbons (Fsp3) is 0.571. The Morgan fingerprint density at radius 1 is 1.10 bits per heavy atom. The summed E-state index contributed by atoms with van der Waals surface area (Å²) in [7, 11) is -1.77. The summed E-state index contributed by atoms with van der Waals surface area (Å²) < 4.78 is 31.2. The summed E-state index contributed by atoms with van der Waals surface area (Å²) in [5, 5.41) is 2.03. The van der Waals surface area contributed by atoms with Crippen molar-refractivity contribution in [3.05, 3.63) is 46.4 Å². The highest BCUT2D eigenvalue weighted by Crippen LogP contribution is 2.25. The molecule has 30 heavy (non-hydrogen) atoms. The number of nitrogens with zero attached hydrogens (tertiary/aromatic N) is 4. The molecule has 0 aromatic carbocycles. The molecule has 9 heteroatoms. The van der Waals surface area contributed by atoms with Crippen LogP contribution in [0.25, 0.3) is 0 Å². The number of amides is 1. The Balaban J connectivity index is 1.37. The molecule has 1 amide bonds. The van der Waals surface area contributed by atoms with Crippen LogP contribution in [0.4, 0.5) is 0 Å². The average molecular weight is 451 g/mol. The summed E-state index contributed by atoms with van der Waals surface area (Å²) in [5.74, 6) is -0.0331. The second kappa shape index (κ2) is 9.21. The van der Waals surface area contributed by atoms with Gasteiger partial charge in [-0.25, -0.2) is 0 Å². The number of carbonyl (C=O) groups excluding carboxylic acids is 1. The van der Waals surface area contributed by atoms with Gasteiger partial charge in [0.1, 0.15) is 5.69 Å². The Morgan fingerprint density at radius 3 is 2.50 bits per heavy atom. The SMILES string of the molecule is CN(C1CCCCC1)S(=O)(=O)N1CCN(C(=O)c2cccn2Cc2cccs2)CC1. The Morgan fingerprint density at radius 2 is 1.83 bits per heavy atom. The number of carbonyl (C=O) groups is 1. The van der Waals surface area contributed by atoms with Crippen LogP contribution in [0.3, 0.4) is 0 Å². The van der Waals surface area contributed by atoms with Crippen LogP contribution in [0.15, 0.2) is 35.8 Å². The van der Waals surface area contributed by atoms with Crippen LogP contribution in [-0.2, 0) is 16.8 Å². The molecule has 0 N–H and O–H groups in total. The van der Waals surface area contributed by atoms with E-state index in [1.807, 2.05) is 34.3 Å². The lowest BCUT2D eigenvalue weighted by molar-refractivity contribution is 0.0682. The highest BCUT2D eigenvalue weighted by atomic mass is 32.2. The van der Waals surface area contributed by atoms with Crippen LogP contribution in [0.1, 0.15) is 47.5 Å². The van der Waals surface area contributed by atoms with Gasteiger partial charge in [0.25, 0.3) is 16.1 Å². The molecule has 0 unspecified atom stereocenters. The van der Waals surface area contributed by atoms with Gasteiger partial charge in [0.2, 0.25) is 0 Å². The van der Waals surface area contributed by atoms with Crippen molar-refractivity contribution in [1.29, 1.82) is 0 Å². The fourth-order valence-corrected chi connectivity index (χ4v) is 6.69. The molecule has 0 atom stereocenters. The highest BCUT2D eigenvalue weighted by molar-refractivity contribution is 7.86. The standard InChI is InChI=1S/C21H30N4O3S2/c1-22(18-7-3-2-4-8-18)30(27,28)25-14-12-23(13-15-25)21(26)20-10-5-11-24(20)17-19-9-6-16-29-19/h5-6,9-11,16,18H,2-4,7-8,12-15,17H2,1H3. The third-order valence-electron chi connectivity index (χ3n) is 6.26. The first kappa shape index (κ1) is 21.5. The summed E-state index contributed by atoms with van der Waals surface area (Å²) >= 11 is 1.67. The van der Waals surface area contributed by atoms with E-state index in [9.17, 15) is 13.2 Å². The number of rotatable bonds is 6. The van der Waals surface area contributed by atoms with Crippen LogP contribution in [-0.4, -0.2) is 71.7 Å². The molecule has 2 aromatic rings. The molecule has 7 nitrogen and oxygen atoms in total. The minimum Gasteiger partial charge on any atom is -0.338 e. The number of thiophene rings is 1. The van der Waals surface area contributed by atoms with E-state index in [4.69, 9.17) is 0 Å². The topological polar surface area (TPSA) is 65.9 Å². The van der Waals surface area contributed by atoms with E-state index in [1.165, 1.54) is 15.6 Å². The number of hydrogen-bond acceptors (Lipinski definition) is 4. The summed E-state index contributed by atoms with van der Waals surface area (Å²) in [6, 6.07) is 7.90. The molecule has 1 saturated carbocycles. The van der Waals surface area contributed by atoms with Crippen molar-refractivity contribution in [3.63, 3.8) is 0 Å². The van der Waals surface area contributed by atoms with Crippen LogP contribution in [0.5, 0.6) is 0 Å². The maximum Gasteiger partial charge on any atom is 0.282 e. The van der Waals surface area contributed by atoms with E-state index >= 15 is 0 Å². The van der Waals surface area contributed by atoms with Crippen LogP contribution in [0.2, 0.25) is 0 Å². The predicted molar refractivity (Wildman–Crippen MR) is 119 cm³/mol. The van der Waals surface area contributed by atoms with Gasteiger partial charge in [-0.1, -0.05) is 25.3 Å². The summed E-state index contributed by atoms with van der Waals surface area (Å²) in [5.41, 5.74) is 0.652. The van der Waals surface area contributed by atoms with Crippen molar-refractivity contribution in [2.24, 2.45) is 0 Å². The normalized spacial score (nSPS) is 19.5. The van der Waals surface area contributed by atoms with Gasteiger partial charge in [-0.05, 0) is 36.4 Å². The van der Waals surface area contributed by atoms with Crippen molar-refractivity contribution in [3.8, 4) is 0 Å². The zero-order chi connectivity index (χ0) is 21.1. The lowest BCUT2D eigenvalue weighted by atomic mass is 9.96. The maximum atomic E-state index is 13.1. The lowest BCUT2D eigenvalue weighted by Gasteiger charge is -2.38. The van der Waals surface area contributed by atoms with E-state index in [1.54, 1.807) is 27.6 Å². The molecule has 2 aliphatic rings. The third-order valence-corrected chi connectivity index (χ3v) is 9.16. The van der Waals surface area contributed by atoms with Gasteiger partial charge in [0.15, 0.2) is 0 Å². The fourth-order valence-electron chi connectivity index (χ4n) is 4.42. The quantitative estimate of drug-likeness (QED) is 0.680. The zero-order valence-electron chi connectivity index (χ0n) is 17.4. The Bertz CT molecular complexity index is 941. The van der Waals surface area contributed by atoms with E-state index in [-0.39, 0.29) is 11.9 Å². The first-order valence-corrected chi connectivity index (χ1v) is 12.9. The second-order valence-electron chi connectivity index (χ2n) is 8.11. The van der Waals surface area contributed by atoms with Crippen molar-refractivity contribution in [1.82, 2.24) is 18.1 Å². The zero-order valence-corrected chi connectivity index (χ0v) is 19.1. The van der Waals surface area contributed by atoms with E-state index in [2.05, 4.69) is 6.07 Å². The van der Waals surface area contributed by atoms with Gasteiger partial charge in [0, 0.05) is 50.3 Å². The minimum atomic E-state index is -3.48. The molecule has 4 rings (SSSR count). The highest BCUT2D eigenvalue weighted by Gasteiger charge is 2.35. The van der Waals surface area contributed by atoms with Gasteiger partial charge in [-0.2, -0.15) is 17.0 Å². The van der Waals surface area contributed by atoms with Gasteiger partial charge in [-0.3, -0.25) is 4.79 Å². The molecule has 0 radical (unpaired) electrons. The predicted octanol–water partition coefficient (Wildman–Crippen LogP) is 2.87. The number of aromatic nitrogens is 1. The van der Waals surface area contributed by atoms with Crippen LogP contribution < -0.4 is 0 Å². The molecular formula is C21H30N4O3S2. The Hall–Kier alpha value is -1.68. The van der Waals surface area contributed by atoms with Crippen molar-refractivity contribution < 1.29 is 13.2 Å². The van der Waals surface area contributed by atoms with Crippen LogP contribution >= 0.6 is 11.3 Å². The van der Waals surface area contributed by atoms with E-state index in [0.29, 0.717) is 38.4 Å². The summed E-state index contributed by atoms with van der Waals surface area (Å²) in [6.07, 6.45) is 7.19. The van der Waals surface area contributed by atoms with Crippen molar-refractivity contribution in [2.75, 3.05) is 33.2 Å². The van der Waals surface area contributed by atoms with Gasteiger partial charge in [0.05, 0.1) is 6.54 Å². The molecule has 1 saturated heterocycles. The number of hydrogen-bond donors (Lipinski definition) is 0. The van der Waals surface area contributed by atoms with E-state index in [0.717, 1.165) is 25.7 Å². The monoisotopic (exact) mass is 450 g/mol.